The average molecular weight is 388 g/mol. The first-order chi connectivity index (χ1) is 13.0. The Morgan fingerprint density at radius 3 is 2.59 bits per heavy atom. The lowest BCUT2D eigenvalue weighted by Gasteiger charge is -2.10. The van der Waals surface area contributed by atoms with Crippen LogP contribution in [0.2, 0.25) is 0 Å². The number of hydrogen-bond donors (Lipinski definition) is 3. The SMILES string of the molecule is CCCNc1nc(S(=N)(=O)CCC)nc2c1[nH]c(=O)n2Cc1ccccc1. The van der Waals surface area contributed by atoms with E-state index in [1.165, 1.54) is 4.57 Å². The largest absolute Gasteiger partial charge is 0.368 e. The molecule has 0 aliphatic rings. The lowest BCUT2D eigenvalue weighted by Crippen LogP contribution is -2.18. The molecule has 3 rings (SSSR count). The number of anilines is 1. The third-order valence-electron chi connectivity index (χ3n) is 4.11. The van der Waals surface area contributed by atoms with Crippen molar-refractivity contribution < 1.29 is 4.21 Å². The van der Waals surface area contributed by atoms with E-state index in [2.05, 4.69) is 20.3 Å². The fourth-order valence-electron chi connectivity index (χ4n) is 2.82. The van der Waals surface area contributed by atoms with Crippen molar-refractivity contribution in [1.29, 1.82) is 4.78 Å². The molecule has 2 heterocycles. The number of aromatic amines is 1. The van der Waals surface area contributed by atoms with Gasteiger partial charge in [0.1, 0.15) is 15.2 Å². The van der Waals surface area contributed by atoms with Gasteiger partial charge in [0.15, 0.2) is 11.5 Å². The number of hydrogen-bond acceptors (Lipinski definition) is 6. The fraction of sp³-hybridized carbons (Fsp3) is 0.389. The Kier molecular flexibility index (Phi) is 5.59. The van der Waals surface area contributed by atoms with Crippen LogP contribution in [0, 0.1) is 4.78 Å². The van der Waals surface area contributed by atoms with Gasteiger partial charge in [-0.25, -0.2) is 18.8 Å². The van der Waals surface area contributed by atoms with Gasteiger partial charge in [-0.05, 0) is 18.4 Å². The maximum atomic E-state index is 12.8. The van der Waals surface area contributed by atoms with E-state index in [1.807, 2.05) is 44.2 Å². The summed E-state index contributed by atoms with van der Waals surface area (Å²) in [5.41, 5.74) is 1.47. The normalized spacial score (nSPS) is 13.6. The van der Waals surface area contributed by atoms with Crippen LogP contribution in [0.4, 0.5) is 5.82 Å². The number of aromatic nitrogens is 4. The Morgan fingerprint density at radius 2 is 1.93 bits per heavy atom. The molecule has 3 aromatic rings. The Morgan fingerprint density at radius 1 is 1.19 bits per heavy atom. The molecule has 144 valence electrons. The molecule has 2 aromatic heterocycles. The van der Waals surface area contributed by atoms with Crippen molar-refractivity contribution in [3.8, 4) is 0 Å². The molecule has 1 unspecified atom stereocenters. The molecule has 0 amide bonds. The lowest BCUT2D eigenvalue weighted by molar-refractivity contribution is 0.664. The molecule has 1 aromatic carbocycles. The van der Waals surface area contributed by atoms with E-state index in [9.17, 15) is 9.00 Å². The third-order valence-corrected chi connectivity index (χ3v) is 5.87. The van der Waals surface area contributed by atoms with Crippen LogP contribution in [-0.4, -0.2) is 36.0 Å². The minimum absolute atomic E-state index is 0.0312. The fourth-order valence-corrected chi connectivity index (χ4v) is 4.05. The molecule has 0 saturated carbocycles. The van der Waals surface area contributed by atoms with Gasteiger partial charge in [-0.2, -0.15) is 4.98 Å². The smallest absolute Gasteiger partial charge is 0.328 e. The zero-order valence-electron chi connectivity index (χ0n) is 15.5. The molecule has 0 aliphatic carbocycles. The highest BCUT2D eigenvalue weighted by atomic mass is 32.2. The number of nitrogens with zero attached hydrogens (tertiary/aromatic N) is 3. The van der Waals surface area contributed by atoms with Crippen LogP contribution >= 0.6 is 0 Å². The molecule has 0 saturated heterocycles. The highest BCUT2D eigenvalue weighted by molar-refractivity contribution is 7.92. The van der Waals surface area contributed by atoms with E-state index in [4.69, 9.17) is 4.78 Å². The summed E-state index contributed by atoms with van der Waals surface area (Å²) in [6.07, 6.45) is 1.45. The second-order valence-electron chi connectivity index (χ2n) is 6.36. The van der Waals surface area contributed by atoms with Crippen molar-refractivity contribution >= 4 is 26.7 Å². The molecule has 0 spiro atoms. The van der Waals surface area contributed by atoms with Gasteiger partial charge in [-0.3, -0.25) is 4.57 Å². The highest BCUT2D eigenvalue weighted by Gasteiger charge is 2.20. The maximum absolute atomic E-state index is 12.8. The van der Waals surface area contributed by atoms with Crippen LogP contribution in [-0.2, 0) is 16.3 Å². The van der Waals surface area contributed by atoms with E-state index in [1.54, 1.807) is 0 Å². The summed E-state index contributed by atoms with van der Waals surface area (Å²) in [5.74, 6) is 0.593. The standard InChI is InChI=1S/C18H24N6O2S/c1-3-10-20-15-14-16(23-17(22-15)27(19,26)11-4-2)24(18(25)21-14)12-13-8-6-5-7-9-13/h5-9,19H,3-4,10-12H2,1-2H3,(H,21,25)(H,20,22,23). The lowest BCUT2D eigenvalue weighted by atomic mass is 10.2. The van der Waals surface area contributed by atoms with Crippen LogP contribution < -0.4 is 11.0 Å². The topological polar surface area (TPSA) is 117 Å². The predicted octanol–water partition coefficient (Wildman–Crippen LogP) is 2.81. The quantitative estimate of drug-likeness (QED) is 0.513. The summed E-state index contributed by atoms with van der Waals surface area (Å²) in [6, 6.07) is 9.57. The molecule has 0 fully saturated rings. The van der Waals surface area contributed by atoms with Gasteiger partial charge in [0.05, 0.1) is 6.54 Å². The minimum atomic E-state index is -3.12. The van der Waals surface area contributed by atoms with Crippen LogP contribution in [0.3, 0.4) is 0 Å². The zero-order chi connectivity index (χ0) is 19.4. The first kappa shape index (κ1) is 19.1. The van der Waals surface area contributed by atoms with Gasteiger partial charge in [-0.1, -0.05) is 44.2 Å². The summed E-state index contributed by atoms with van der Waals surface area (Å²) < 4.78 is 22.4. The summed E-state index contributed by atoms with van der Waals surface area (Å²) in [4.78, 5) is 24.0. The van der Waals surface area contributed by atoms with Crippen molar-refractivity contribution in [3.05, 3.63) is 46.4 Å². The molecule has 8 nitrogen and oxygen atoms in total. The van der Waals surface area contributed by atoms with Crippen molar-refractivity contribution in [3.63, 3.8) is 0 Å². The Balaban J connectivity index is 2.19. The van der Waals surface area contributed by atoms with Gasteiger partial charge >= 0.3 is 5.69 Å². The minimum Gasteiger partial charge on any atom is -0.368 e. The van der Waals surface area contributed by atoms with Crippen molar-refractivity contribution in [2.75, 3.05) is 17.6 Å². The van der Waals surface area contributed by atoms with Gasteiger partial charge in [0.2, 0.25) is 5.16 Å². The van der Waals surface area contributed by atoms with E-state index in [0.717, 1.165) is 12.0 Å². The molecule has 0 aliphatic heterocycles. The van der Waals surface area contributed by atoms with Gasteiger partial charge in [0, 0.05) is 12.3 Å². The van der Waals surface area contributed by atoms with Crippen molar-refractivity contribution in [1.82, 2.24) is 19.5 Å². The Hall–Kier alpha value is -2.68. The third kappa shape index (κ3) is 4.02. The van der Waals surface area contributed by atoms with Gasteiger partial charge in [-0.15, -0.1) is 0 Å². The number of nitrogens with one attached hydrogen (secondary N) is 3. The first-order valence-corrected chi connectivity index (χ1v) is 10.7. The van der Waals surface area contributed by atoms with E-state index in [0.29, 0.717) is 36.5 Å². The summed E-state index contributed by atoms with van der Waals surface area (Å²) in [5, 5.41) is 3.12. The summed E-state index contributed by atoms with van der Waals surface area (Å²) in [7, 11) is -3.12. The molecular formula is C18H24N6O2S. The van der Waals surface area contributed by atoms with Crippen LogP contribution in [0.5, 0.6) is 0 Å². The number of fused-ring (bicyclic) bond motifs is 1. The summed E-state index contributed by atoms with van der Waals surface area (Å²) in [6.45, 7) is 4.85. The molecular weight excluding hydrogens is 364 g/mol. The zero-order valence-corrected chi connectivity index (χ0v) is 16.3. The maximum Gasteiger partial charge on any atom is 0.328 e. The van der Waals surface area contributed by atoms with E-state index >= 15 is 0 Å². The molecule has 27 heavy (non-hydrogen) atoms. The number of imidazole rings is 1. The number of rotatable bonds is 8. The Labute approximate surface area is 158 Å². The van der Waals surface area contributed by atoms with Gasteiger partial charge in [0.25, 0.3) is 0 Å². The second-order valence-corrected chi connectivity index (χ2v) is 8.49. The van der Waals surface area contributed by atoms with Crippen molar-refractivity contribution in [2.45, 2.75) is 38.4 Å². The number of benzene rings is 1. The van der Waals surface area contributed by atoms with Crippen LogP contribution in [0.1, 0.15) is 32.3 Å². The predicted molar refractivity (Wildman–Crippen MR) is 107 cm³/mol. The Bertz CT molecular complexity index is 1090. The molecule has 3 N–H and O–H groups in total. The average Bonchev–Trinajstić information content (AvgIpc) is 2.96. The van der Waals surface area contributed by atoms with E-state index in [-0.39, 0.29) is 16.6 Å². The van der Waals surface area contributed by atoms with Gasteiger partial charge < -0.3 is 10.3 Å². The van der Waals surface area contributed by atoms with Crippen LogP contribution in [0.15, 0.2) is 40.3 Å². The van der Waals surface area contributed by atoms with E-state index < -0.39 is 9.73 Å². The monoisotopic (exact) mass is 388 g/mol. The van der Waals surface area contributed by atoms with Crippen molar-refractivity contribution in [2.24, 2.45) is 0 Å². The molecule has 0 radical (unpaired) electrons. The molecule has 1 atom stereocenters. The van der Waals surface area contributed by atoms with Crippen LogP contribution in [0.25, 0.3) is 11.2 Å². The highest BCUT2D eigenvalue weighted by Crippen LogP contribution is 2.21. The first-order valence-electron chi connectivity index (χ1n) is 9.01. The second kappa shape index (κ2) is 7.91. The molecule has 0 bridgehead atoms. The number of H-pyrrole nitrogens is 1. The summed E-state index contributed by atoms with van der Waals surface area (Å²) >= 11 is 0. The molecule has 9 heteroatoms.